The summed E-state index contributed by atoms with van der Waals surface area (Å²) in [5.41, 5.74) is 7.67. The van der Waals surface area contributed by atoms with Gasteiger partial charge in [-0.25, -0.2) is 4.98 Å². The molecule has 1 aromatic heterocycles. The van der Waals surface area contributed by atoms with Gasteiger partial charge in [-0.1, -0.05) is 18.2 Å². The van der Waals surface area contributed by atoms with Gasteiger partial charge < -0.3 is 10.5 Å². The Labute approximate surface area is 88.5 Å². The maximum Gasteiger partial charge on any atom is 0.131 e. The van der Waals surface area contributed by atoms with E-state index in [1.54, 1.807) is 13.3 Å². The highest BCUT2D eigenvalue weighted by Gasteiger charge is 2.07. The minimum absolute atomic E-state index is 0.516. The molecule has 0 bridgehead atoms. The topological polar surface area (TPSA) is 48.1 Å². The first-order valence-corrected chi connectivity index (χ1v) is 4.67. The number of methoxy groups -OCH3 is 1. The molecule has 0 saturated heterocycles. The average molecular weight is 200 g/mol. The number of nitrogens with two attached hydrogens (primary N) is 1. The van der Waals surface area contributed by atoms with Gasteiger partial charge in [0.15, 0.2) is 0 Å². The number of hydrogen-bond acceptors (Lipinski definition) is 3. The Kier molecular flexibility index (Phi) is 2.54. The number of benzene rings is 1. The Hall–Kier alpha value is -2.03. The lowest BCUT2D eigenvalue weighted by atomic mass is 10.1. The third-order valence-corrected chi connectivity index (χ3v) is 2.24. The number of ether oxygens (including phenoxy) is 1. The Morgan fingerprint density at radius 1 is 1.07 bits per heavy atom. The zero-order chi connectivity index (χ0) is 10.7. The maximum absolute atomic E-state index is 5.81. The Bertz CT molecular complexity index is 469. The Morgan fingerprint density at radius 2 is 1.80 bits per heavy atom. The molecule has 0 saturated carbocycles. The molecule has 3 nitrogen and oxygen atoms in total. The molecule has 0 atom stereocenters. The minimum Gasteiger partial charge on any atom is -0.496 e. The highest BCUT2D eigenvalue weighted by Crippen LogP contribution is 2.31. The van der Waals surface area contributed by atoms with Crippen LogP contribution >= 0.6 is 0 Å². The fraction of sp³-hybridized carbons (Fsp3) is 0.0833. The van der Waals surface area contributed by atoms with Crippen LogP contribution in [0, 0.1) is 0 Å². The molecule has 15 heavy (non-hydrogen) atoms. The lowest BCUT2D eigenvalue weighted by molar-refractivity contribution is 0.416. The molecule has 1 heterocycles. The van der Waals surface area contributed by atoms with Gasteiger partial charge >= 0.3 is 0 Å². The van der Waals surface area contributed by atoms with E-state index in [0.717, 1.165) is 16.9 Å². The number of anilines is 1. The molecule has 0 spiro atoms. The fourth-order valence-corrected chi connectivity index (χ4v) is 1.51. The number of nitrogens with zero attached hydrogens (tertiary/aromatic N) is 1. The molecule has 1 aromatic carbocycles. The molecule has 0 aliphatic rings. The first-order chi connectivity index (χ1) is 7.33. The van der Waals surface area contributed by atoms with Crippen molar-refractivity contribution in [2.45, 2.75) is 0 Å². The van der Waals surface area contributed by atoms with Crippen molar-refractivity contribution in [1.29, 1.82) is 0 Å². The van der Waals surface area contributed by atoms with Gasteiger partial charge in [0.25, 0.3) is 0 Å². The molecule has 0 amide bonds. The molecule has 2 aromatic rings. The van der Waals surface area contributed by atoms with Crippen molar-refractivity contribution in [1.82, 2.24) is 4.98 Å². The summed E-state index contributed by atoms with van der Waals surface area (Å²) in [4.78, 5) is 4.05. The van der Waals surface area contributed by atoms with E-state index in [-0.39, 0.29) is 0 Å². The van der Waals surface area contributed by atoms with Crippen molar-refractivity contribution in [2.75, 3.05) is 12.8 Å². The zero-order valence-electron chi connectivity index (χ0n) is 8.47. The lowest BCUT2D eigenvalue weighted by Crippen LogP contribution is -1.94. The summed E-state index contributed by atoms with van der Waals surface area (Å²) in [7, 11) is 1.64. The Morgan fingerprint density at radius 3 is 2.53 bits per heavy atom. The van der Waals surface area contributed by atoms with Crippen molar-refractivity contribution >= 4 is 5.82 Å². The Balaban J connectivity index is 2.59. The van der Waals surface area contributed by atoms with E-state index in [1.165, 1.54) is 0 Å². The van der Waals surface area contributed by atoms with Crippen LogP contribution in [0.1, 0.15) is 0 Å². The van der Waals surface area contributed by atoms with Crippen molar-refractivity contribution < 1.29 is 4.74 Å². The average Bonchev–Trinajstić information content (AvgIpc) is 2.30. The molecule has 0 aliphatic heterocycles. The van der Waals surface area contributed by atoms with E-state index >= 15 is 0 Å². The van der Waals surface area contributed by atoms with Gasteiger partial charge in [-0.15, -0.1) is 0 Å². The van der Waals surface area contributed by atoms with E-state index in [2.05, 4.69) is 4.98 Å². The van der Waals surface area contributed by atoms with Crippen LogP contribution in [0.25, 0.3) is 11.1 Å². The van der Waals surface area contributed by atoms with Crippen LogP contribution in [0.15, 0.2) is 42.6 Å². The summed E-state index contributed by atoms with van der Waals surface area (Å²) in [6, 6.07) is 11.5. The monoisotopic (exact) mass is 200 g/mol. The van der Waals surface area contributed by atoms with Crippen LogP contribution in [0.2, 0.25) is 0 Å². The number of rotatable bonds is 2. The van der Waals surface area contributed by atoms with E-state index < -0.39 is 0 Å². The van der Waals surface area contributed by atoms with Gasteiger partial charge in [0.05, 0.1) is 7.11 Å². The summed E-state index contributed by atoms with van der Waals surface area (Å²) in [5.74, 6) is 1.32. The number of nitrogen functional groups attached to an aromatic ring is 1. The normalized spacial score (nSPS) is 9.93. The molecular formula is C12H12N2O. The van der Waals surface area contributed by atoms with Gasteiger partial charge in [-0.05, 0) is 18.2 Å². The molecule has 0 radical (unpaired) electrons. The second-order valence-corrected chi connectivity index (χ2v) is 3.14. The molecule has 2 rings (SSSR count). The second-order valence-electron chi connectivity index (χ2n) is 3.14. The van der Waals surface area contributed by atoms with E-state index in [9.17, 15) is 0 Å². The highest BCUT2D eigenvalue weighted by molar-refractivity contribution is 5.78. The molecule has 0 fully saturated rings. The molecular weight excluding hydrogens is 188 g/mol. The quantitative estimate of drug-likeness (QED) is 0.809. The van der Waals surface area contributed by atoms with Crippen LogP contribution in [-0.2, 0) is 0 Å². The van der Waals surface area contributed by atoms with Crippen molar-refractivity contribution in [3.8, 4) is 16.9 Å². The molecule has 3 heteroatoms. The van der Waals surface area contributed by atoms with Gasteiger partial charge in [0.1, 0.15) is 11.6 Å². The largest absolute Gasteiger partial charge is 0.496 e. The smallest absolute Gasteiger partial charge is 0.131 e. The summed E-state index contributed by atoms with van der Waals surface area (Å²) in [5, 5.41) is 0. The SMILES string of the molecule is COc1ccccc1-c1cccnc1N. The summed E-state index contributed by atoms with van der Waals surface area (Å²) < 4.78 is 5.27. The highest BCUT2D eigenvalue weighted by atomic mass is 16.5. The summed E-state index contributed by atoms with van der Waals surface area (Å²) in [6.07, 6.45) is 1.67. The van der Waals surface area contributed by atoms with Gasteiger partial charge in [-0.3, -0.25) is 0 Å². The number of para-hydroxylation sites is 1. The van der Waals surface area contributed by atoms with Gasteiger partial charge in [0.2, 0.25) is 0 Å². The van der Waals surface area contributed by atoms with Crippen LogP contribution < -0.4 is 10.5 Å². The second kappa shape index (κ2) is 4.00. The van der Waals surface area contributed by atoms with Crippen molar-refractivity contribution in [3.63, 3.8) is 0 Å². The molecule has 0 aliphatic carbocycles. The van der Waals surface area contributed by atoms with Gasteiger partial charge in [-0.2, -0.15) is 0 Å². The maximum atomic E-state index is 5.81. The van der Waals surface area contributed by atoms with E-state index in [4.69, 9.17) is 10.5 Å². The molecule has 76 valence electrons. The third-order valence-electron chi connectivity index (χ3n) is 2.24. The fourth-order valence-electron chi connectivity index (χ4n) is 1.51. The van der Waals surface area contributed by atoms with Crippen molar-refractivity contribution in [2.24, 2.45) is 0 Å². The molecule has 2 N–H and O–H groups in total. The predicted molar refractivity (Wildman–Crippen MR) is 60.6 cm³/mol. The lowest BCUT2D eigenvalue weighted by Gasteiger charge is -2.09. The van der Waals surface area contributed by atoms with Crippen LogP contribution in [0.5, 0.6) is 5.75 Å². The van der Waals surface area contributed by atoms with Crippen molar-refractivity contribution in [3.05, 3.63) is 42.6 Å². The number of aromatic nitrogens is 1. The first-order valence-electron chi connectivity index (χ1n) is 4.67. The molecule has 0 unspecified atom stereocenters. The predicted octanol–water partition coefficient (Wildman–Crippen LogP) is 2.34. The van der Waals surface area contributed by atoms with E-state index in [1.807, 2.05) is 36.4 Å². The number of hydrogen-bond donors (Lipinski definition) is 1. The van der Waals surface area contributed by atoms with Crippen LogP contribution in [0.3, 0.4) is 0 Å². The van der Waals surface area contributed by atoms with Gasteiger partial charge in [0, 0.05) is 17.3 Å². The van der Waals surface area contributed by atoms with Crippen LogP contribution in [0.4, 0.5) is 5.82 Å². The number of pyridine rings is 1. The summed E-state index contributed by atoms with van der Waals surface area (Å²) in [6.45, 7) is 0. The zero-order valence-corrected chi connectivity index (χ0v) is 8.47. The third kappa shape index (κ3) is 1.76. The standard InChI is InChI=1S/C12H12N2O/c1-15-11-7-3-2-5-9(11)10-6-4-8-14-12(10)13/h2-8H,1H3,(H2,13,14). The minimum atomic E-state index is 0.516. The van der Waals surface area contributed by atoms with Crippen LogP contribution in [-0.4, -0.2) is 12.1 Å². The first kappa shape index (κ1) is 9.52. The summed E-state index contributed by atoms with van der Waals surface area (Å²) >= 11 is 0. The van der Waals surface area contributed by atoms with E-state index in [0.29, 0.717) is 5.82 Å².